The van der Waals surface area contributed by atoms with Crippen LogP contribution in [0, 0.1) is 0 Å². The molecule has 0 aliphatic heterocycles. The van der Waals surface area contributed by atoms with Crippen LogP contribution in [0.3, 0.4) is 0 Å². The number of amides is 1. The average molecular weight is 454 g/mol. The normalized spacial score (nSPS) is 11.0. The number of hydrogen-bond donors (Lipinski definition) is 1. The highest BCUT2D eigenvalue weighted by molar-refractivity contribution is 9.10. The van der Waals surface area contributed by atoms with Gasteiger partial charge in [0.05, 0.1) is 10.7 Å². The Labute approximate surface area is 167 Å². The number of thiazole rings is 1. The molecule has 3 rings (SSSR count). The zero-order valence-corrected chi connectivity index (χ0v) is 16.6. The molecule has 0 fully saturated rings. The van der Waals surface area contributed by atoms with E-state index in [0.717, 1.165) is 15.6 Å². The molecule has 0 spiro atoms. The lowest BCUT2D eigenvalue weighted by Crippen LogP contribution is -2.07. The molecule has 1 amide bonds. The van der Waals surface area contributed by atoms with E-state index < -0.39 is 0 Å². The fraction of sp³-hybridized carbons (Fsp3) is 0. The Hall–Kier alpha value is -1.66. The van der Waals surface area contributed by atoms with Crippen molar-refractivity contribution in [2.75, 3.05) is 5.32 Å². The summed E-state index contributed by atoms with van der Waals surface area (Å²) in [4.78, 5) is 16.4. The fourth-order valence-electron chi connectivity index (χ4n) is 2.04. The summed E-state index contributed by atoms with van der Waals surface area (Å²) in [6.45, 7) is 0. The Bertz CT molecular complexity index is 939. The third-order valence-corrected chi connectivity index (χ3v) is 5.07. The van der Waals surface area contributed by atoms with Gasteiger partial charge < -0.3 is 0 Å². The summed E-state index contributed by atoms with van der Waals surface area (Å²) in [6, 6.07) is 12.9. The highest BCUT2D eigenvalue weighted by Crippen LogP contribution is 2.32. The standard InChI is InChI=1S/C18H11BrCl2N2OS/c19-12-4-1-11(2-5-12)3-8-17(24)23-18-22-16(10-25-18)14-7-6-13(20)9-15(14)21/h1-10H,(H,22,23,24)/b8-3+. The first kappa shape index (κ1) is 18.1. The maximum absolute atomic E-state index is 12.0. The van der Waals surface area contributed by atoms with E-state index in [1.165, 1.54) is 17.4 Å². The van der Waals surface area contributed by atoms with Gasteiger partial charge in [-0.3, -0.25) is 10.1 Å². The van der Waals surface area contributed by atoms with Crippen molar-refractivity contribution < 1.29 is 4.79 Å². The van der Waals surface area contributed by atoms with Crippen molar-refractivity contribution in [1.82, 2.24) is 4.98 Å². The molecule has 0 saturated carbocycles. The third-order valence-electron chi connectivity index (χ3n) is 3.24. The molecule has 7 heteroatoms. The minimum absolute atomic E-state index is 0.244. The van der Waals surface area contributed by atoms with Crippen LogP contribution in [0.1, 0.15) is 5.56 Å². The summed E-state index contributed by atoms with van der Waals surface area (Å²) in [5.74, 6) is -0.244. The van der Waals surface area contributed by atoms with Crippen LogP contribution in [-0.4, -0.2) is 10.9 Å². The molecule has 3 aromatic rings. The second-order valence-corrected chi connectivity index (χ2v) is 7.65. The molecule has 0 radical (unpaired) electrons. The first-order chi connectivity index (χ1) is 12.0. The number of anilines is 1. The molecule has 1 heterocycles. The van der Waals surface area contributed by atoms with E-state index in [-0.39, 0.29) is 5.91 Å². The smallest absolute Gasteiger partial charge is 0.250 e. The van der Waals surface area contributed by atoms with E-state index in [0.29, 0.717) is 20.9 Å². The number of carbonyl (C=O) groups excluding carboxylic acids is 1. The number of aromatic nitrogens is 1. The van der Waals surface area contributed by atoms with Crippen LogP contribution in [0.25, 0.3) is 17.3 Å². The summed E-state index contributed by atoms with van der Waals surface area (Å²) in [7, 11) is 0. The zero-order chi connectivity index (χ0) is 17.8. The Morgan fingerprint density at radius 3 is 2.64 bits per heavy atom. The van der Waals surface area contributed by atoms with Crippen LogP contribution in [0.15, 0.2) is 58.4 Å². The van der Waals surface area contributed by atoms with Crippen molar-refractivity contribution in [2.45, 2.75) is 0 Å². The van der Waals surface area contributed by atoms with E-state index in [9.17, 15) is 4.79 Å². The lowest BCUT2D eigenvalue weighted by Gasteiger charge is -2.01. The first-order valence-electron chi connectivity index (χ1n) is 7.17. The van der Waals surface area contributed by atoms with Crippen molar-refractivity contribution >= 4 is 67.6 Å². The maximum atomic E-state index is 12.0. The molecule has 25 heavy (non-hydrogen) atoms. The molecule has 3 nitrogen and oxygen atoms in total. The summed E-state index contributed by atoms with van der Waals surface area (Å²) >= 11 is 16.8. The minimum Gasteiger partial charge on any atom is -0.298 e. The first-order valence-corrected chi connectivity index (χ1v) is 9.60. The van der Waals surface area contributed by atoms with E-state index in [1.54, 1.807) is 24.3 Å². The van der Waals surface area contributed by atoms with Crippen molar-refractivity contribution in [3.8, 4) is 11.3 Å². The van der Waals surface area contributed by atoms with Gasteiger partial charge in [0.15, 0.2) is 5.13 Å². The monoisotopic (exact) mass is 452 g/mol. The number of nitrogens with zero attached hydrogens (tertiary/aromatic N) is 1. The van der Waals surface area contributed by atoms with E-state index in [1.807, 2.05) is 29.6 Å². The molecular weight excluding hydrogens is 443 g/mol. The zero-order valence-electron chi connectivity index (χ0n) is 12.7. The predicted molar refractivity (Wildman–Crippen MR) is 109 cm³/mol. The summed E-state index contributed by atoms with van der Waals surface area (Å²) in [6.07, 6.45) is 3.21. The largest absolute Gasteiger partial charge is 0.298 e. The van der Waals surface area contributed by atoms with Gasteiger partial charge in [0.25, 0.3) is 0 Å². The Morgan fingerprint density at radius 1 is 1.16 bits per heavy atom. The predicted octanol–water partition coefficient (Wildman–Crippen LogP) is 6.53. The van der Waals surface area contributed by atoms with Crippen LogP contribution < -0.4 is 5.32 Å². The second-order valence-electron chi connectivity index (χ2n) is 5.04. The number of rotatable bonds is 4. The van der Waals surface area contributed by atoms with Gasteiger partial charge in [-0.15, -0.1) is 11.3 Å². The SMILES string of the molecule is O=C(/C=C/c1ccc(Br)cc1)Nc1nc(-c2ccc(Cl)cc2Cl)cs1. The fourth-order valence-corrected chi connectivity index (χ4v) is 3.53. The summed E-state index contributed by atoms with van der Waals surface area (Å²) in [5.41, 5.74) is 2.40. The third kappa shape index (κ3) is 4.92. The van der Waals surface area contributed by atoms with Crippen LogP contribution in [0.2, 0.25) is 10.0 Å². The quantitative estimate of drug-likeness (QED) is 0.456. The van der Waals surface area contributed by atoms with Crippen LogP contribution >= 0.6 is 50.5 Å². The lowest BCUT2D eigenvalue weighted by atomic mass is 10.2. The second kappa shape index (κ2) is 8.15. The summed E-state index contributed by atoms with van der Waals surface area (Å²) in [5, 5.41) is 6.17. The highest BCUT2D eigenvalue weighted by atomic mass is 79.9. The van der Waals surface area contributed by atoms with Crippen LogP contribution in [0.4, 0.5) is 5.13 Å². The molecule has 0 saturated heterocycles. The molecule has 0 atom stereocenters. The van der Waals surface area contributed by atoms with Gasteiger partial charge in [-0.2, -0.15) is 0 Å². The van der Waals surface area contributed by atoms with E-state index >= 15 is 0 Å². The van der Waals surface area contributed by atoms with Crippen molar-refractivity contribution in [3.05, 3.63) is 74.0 Å². The van der Waals surface area contributed by atoms with Gasteiger partial charge in [-0.1, -0.05) is 51.3 Å². The number of halogens is 3. The van der Waals surface area contributed by atoms with Gasteiger partial charge in [-0.05, 0) is 42.0 Å². The van der Waals surface area contributed by atoms with Crippen molar-refractivity contribution in [1.29, 1.82) is 0 Å². The van der Waals surface area contributed by atoms with Gasteiger partial charge in [-0.25, -0.2) is 4.98 Å². The Balaban J connectivity index is 1.68. The average Bonchev–Trinajstić information content (AvgIpc) is 3.02. The Morgan fingerprint density at radius 2 is 1.92 bits per heavy atom. The van der Waals surface area contributed by atoms with Crippen LogP contribution in [-0.2, 0) is 4.79 Å². The van der Waals surface area contributed by atoms with E-state index in [4.69, 9.17) is 23.2 Å². The summed E-state index contributed by atoms with van der Waals surface area (Å²) < 4.78 is 0.991. The lowest BCUT2D eigenvalue weighted by molar-refractivity contribution is -0.111. The molecule has 0 bridgehead atoms. The van der Waals surface area contributed by atoms with Crippen molar-refractivity contribution in [3.63, 3.8) is 0 Å². The van der Waals surface area contributed by atoms with Crippen molar-refractivity contribution in [2.24, 2.45) is 0 Å². The Kier molecular flexibility index (Phi) is 5.91. The van der Waals surface area contributed by atoms with Gasteiger partial charge in [0.1, 0.15) is 0 Å². The molecule has 0 aliphatic carbocycles. The molecule has 2 aromatic carbocycles. The number of nitrogens with one attached hydrogen (secondary N) is 1. The molecular formula is C18H11BrCl2N2OS. The van der Waals surface area contributed by atoms with Gasteiger partial charge >= 0.3 is 0 Å². The number of hydrogen-bond acceptors (Lipinski definition) is 3. The number of benzene rings is 2. The maximum Gasteiger partial charge on any atom is 0.250 e. The van der Waals surface area contributed by atoms with Crippen LogP contribution in [0.5, 0.6) is 0 Å². The molecule has 0 unspecified atom stereocenters. The number of carbonyl (C=O) groups is 1. The topological polar surface area (TPSA) is 42.0 Å². The van der Waals surface area contributed by atoms with E-state index in [2.05, 4.69) is 26.2 Å². The molecule has 1 aromatic heterocycles. The van der Waals surface area contributed by atoms with Gasteiger partial charge in [0.2, 0.25) is 5.91 Å². The minimum atomic E-state index is -0.244. The molecule has 0 aliphatic rings. The van der Waals surface area contributed by atoms with Gasteiger partial charge in [0, 0.05) is 26.5 Å². The molecule has 1 N–H and O–H groups in total. The molecule has 126 valence electrons. The highest BCUT2D eigenvalue weighted by Gasteiger charge is 2.10.